The lowest BCUT2D eigenvalue weighted by Crippen LogP contribution is -2.09. The Balaban J connectivity index is 2.31. The fourth-order valence-electron chi connectivity index (χ4n) is 2.14. The molecule has 0 aromatic heterocycles. The minimum Gasteiger partial charge on any atom is -0.211 e. The Morgan fingerprint density at radius 3 is 2.20 bits per heavy atom. The first-order valence-corrected chi connectivity index (χ1v) is 5.50. The number of hydrogen-bond donors (Lipinski definition) is 0. The third-order valence-corrected chi connectivity index (χ3v) is 2.96. The molecule has 4 nitrogen and oxygen atoms in total. The molecule has 82 valence electrons. The molecule has 1 saturated carbocycles. The second kappa shape index (κ2) is 7.10. The van der Waals surface area contributed by atoms with Crippen molar-refractivity contribution in [1.29, 1.82) is 0 Å². The second-order valence-electron chi connectivity index (χ2n) is 4.00. The molecule has 1 aliphatic rings. The van der Waals surface area contributed by atoms with Crippen LogP contribution in [0.3, 0.4) is 0 Å². The number of nitrogens with zero attached hydrogens (tertiary/aromatic N) is 2. The fourth-order valence-corrected chi connectivity index (χ4v) is 2.14. The molecular formula is C11H16N2O2. The van der Waals surface area contributed by atoms with E-state index < -0.39 is 6.17 Å². The summed E-state index contributed by atoms with van der Waals surface area (Å²) in [7, 11) is 0. The topological polar surface area (TPSA) is 58.9 Å². The van der Waals surface area contributed by atoms with Crippen LogP contribution in [-0.2, 0) is 9.59 Å². The van der Waals surface area contributed by atoms with Crippen molar-refractivity contribution in [3.05, 3.63) is 0 Å². The fraction of sp³-hybridized carbons (Fsp3) is 0.818. The summed E-state index contributed by atoms with van der Waals surface area (Å²) in [6, 6.07) is 0. The molecule has 0 aromatic carbocycles. The van der Waals surface area contributed by atoms with E-state index >= 15 is 0 Å². The van der Waals surface area contributed by atoms with E-state index in [0.29, 0.717) is 12.3 Å². The van der Waals surface area contributed by atoms with Crippen molar-refractivity contribution in [2.24, 2.45) is 15.9 Å². The zero-order valence-electron chi connectivity index (χ0n) is 8.82. The molecule has 0 N–H and O–H groups in total. The standard InChI is InChI=1S/C11H16N2O2/c14-8-12-11(13-9-15)7-6-10-4-2-1-3-5-10/h10-11H,1-7H2. The molecule has 15 heavy (non-hydrogen) atoms. The average Bonchev–Trinajstić information content (AvgIpc) is 2.28. The quantitative estimate of drug-likeness (QED) is 0.514. The van der Waals surface area contributed by atoms with Crippen LogP contribution in [0.4, 0.5) is 0 Å². The Kier molecular flexibility index (Phi) is 5.60. The molecule has 0 aromatic rings. The molecule has 1 aliphatic carbocycles. The molecule has 1 fully saturated rings. The first kappa shape index (κ1) is 11.8. The highest BCUT2D eigenvalue weighted by atomic mass is 16.1. The van der Waals surface area contributed by atoms with E-state index in [2.05, 4.69) is 9.98 Å². The van der Waals surface area contributed by atoms with E-state index in [1.165, 1.54) is 44.3 Å². The van der Waals surface area contributed by atoms with Crippen molar-refractivity contribution >= 4 is 12.2 Å². The van der Waals surface area contributed by atoms with E-state index in [4.69, 9.17) is 0 Å². The highest BCUT2D eigenvalue weighted by Gasteiger charge is 2.15. The first-order chi connectivity index (χ1) is 7.36. The number of aliphatic imine (C=N–C) groups is 2. The van der Waals surface area contributed by atoms with Crippen LogP contribution in [0.2, 0.25) is 0 Å². The lowest BCUT2D eigenvalue weighted by Gasteiger charge is -2.21. The molecule has 0 bridgehead atoms. The number of hydrogen-bond acceptors (Lipinski definition) is 4. The highest BCUT2D eigenvalue weighted by molar-refractivity contribution is 5.36. The van der Waals surface area contributed by atoms with Crippen LogP contribution in [0.15, 0.2) is 9.98 Å². The van der Waals surface area contributed by atoms with Crippen LogP contribution in [-0.4, -0.2) is 18.3 Å². The van der Waals surface area contributed by atoms with Gasteiger partial charge in [0.2, 0.25) is 12.2 Å². The SMILES string of the molecule is O=C=NC(CCC1CCCCC1)N=C=O. The summed E-state index contributed by atoms with van der Waals surface area (Å²) in [5.41, 5.74) is 0. The van der Waals surface area contributed by atoms with Crippen molar-refractivity contribution < 1.29 is 9.59 Å². The van der Waals surface area contributed by atoms with Gasteiger partial charge in [0.1, 0.15) is 0 Å². The number of carbonyl (C=O) groups excluding carboxylic acids is 2. The molecule has 0 amide bonds. The predicted octanol–water partition coefficient (Wildman–Crippen LogP) is 2.34. The van der Waals surface area contributed by atoms with Crippen LogP contribution >= 0.6 is 0 Å². The van der Waals surface area contributed by atoms with Crippen LogP contribution in [0.25, 0.3) is 0 Å². The molecule has 0 atom stereocenters. The summed E-state index contributed by atoms with van der Waals surface area (Å²) in [5.74, 6) is 0.713. The van der Waals surface area contributed by atoms with Crippen LogP contribution in [0, 0.1) is 5.92 Å². The molecule has 4 heteroatoms. The van der Waals surface area contributed by atoms with Crippen molar-refractivity contribution in [1.82, 2.24) is 0 Å². The van der Waals surface area contributed by atoms with Gasteiger partial charge in [-0.15, -0.1) is 0 Å². The molecule has 0 saturated heterocycles. The maximum atomic E-state index is 10.1. The Morgan fingerprint density at radius 1 is 1.07 bits per heavy atom. The monoisotopic (exact) mass is 208 g/mol. The minimum atomic E-state index is -0.554. The molecule has 0 unspecified atom stereocenters. The summed E-state index contributed by atoms with van der Waals surface area (Å²) in [6.07, 6.45) is 10.4. The van der Waals surface area contributed by atoms with Crippen LogP contribution in [0.1, 0.15) is 44.9 Å². The summed E-state index contributed by atoms with van der Waals surface area (Å²) in [5, 5.41) is 0. The maximum absolute atomic E-state index is 10.1. The molecule has 1 rings (SSSR count). The number of rotatable bonds is 5. The van der Waals surface area contributed by atoms with Crippen LogP contribution < -0.4 is 0 Å². The molecule has 0 aliphatic heterocycles. The van der Waals surface area contributed by atoms with Gasteiger partial charge in [0.15, 0.2) is 6.17 Å². The van der Waals surface area contributed by atoms with E-state index in [0.717, 1.165) is 6.42 Å². The van der Waals surface area contributed by atoms with Gasteiger partial charge < -0.3 is 0 Å². The minimum absolute atomic E-state index is 0.554. The van der Waals surface area contributed by atoms with Gasteiger partial charge in [-0.1, -0.05) is 32.1 Å². The molecule has 0 heterocycles. The van der Waals surface area contributed by atoms with Gasteiger partial charge in [-0.3, -0.25) is 0 Å². The zero-order valence-corrected chi connectivity index (χ0v) is 8.82. The lowest BCUT2D eigenvalue weighted by molar-refractivity contribution is 0.324. The Labute approximate surface area is 89.5 Å². The Bertz CT molecular complexity index is 254. The average molecular weight is 208 g/mol. The van der Waals surface area contributed by atoms with Gasteiger partial charge >= 0.3 is 0 Å². The van der Waals surface area contributed by atoms with Crippen molar-refractivity contribution in [2.45, 2.75) is 51.1 Å². The molecule has 0 radical (unpaired) electrons. The molecular weight excluding hydrogens is 192 g/mol. The zero-order chi connectivity index (χ0) is 10.9. The highest BCUT2D eigenvalue weighted by Crippen LogP contribution is 2.28. The van der Waals surface area contributed by atoms with Gasteiger partial charge in [0.25, 0.3) is 0 Å². The van der Waals surface area contributed by atoms with Gasteiger partial charge in [-0.25, -0.2) is 9.59 Å². The third-order valence-electron chi connectivity index (χ3n) is 2.96. The Hall–Kier alpha value is -1.24. The van der Waals surface area contributed by atoms with Gasteiger partial charge in [0.05, 0.1) is 0 Å². The summed E-state index contributed by atoms with van der Waals surface area (Å²) in [6.45, 7) is 0. The normalized spacial score (nSPS) is 18.7. The summed E-state index contributed by atoms with van der Waals surface area (Å²) < 4.78 is 0. The van der Waals surface area contributed by atoms with E-state index in [-0.39, 0.29) is 0 Å². The number of isocyanates is 2. The second-order valence-corrected chi connectivity index (χ2v) is 4.00. The first-order valence-electron chi connectivity index (χ1n) is 5.50. The van der Waals surface area contributed by atoms with Crippen molar-refractivity contribution in [3.8, 4) is 0 Å². The predicted molar refractivity (Wildman–Crippen MR) is 55.8 cm³/mol. The van der Waals surface area contributed by atoms with Gasteiger partial charge in [-0.05, 0) is 18.8 Å². The molecule has 0 spiro atoms. The largest absolute Gasteiger partial charge is 0.237 e. The van der Waals surface area contributed by atoms with Crippen molar-refractivity contribution in [3.63, 3.8) is 0 Å². The van der Waals surface area contributed by atoms with E-state index in [9.17, 15) is 9.59 Å². The summed E-state index contributed by atoms with van der Waals surface area (Å²) in [4.78, 5) is 27.0. The van der Waals surface area contributed by atoms with E-state index in [1.807, 2.05) is 0 Å². The van der Waals surface area contributed by atoms with Gasteiger partial charge in [0, 0.05) is 0 Å². The maximum Gasteiger partial charge on any atom is 0.237 e. The smallest absolute Gasteiger partial charge is 0.211 e. The lowest BCUT2D eigenvalue weighted by atomic mass is 9.86. The van der Waals surface area contributed by atoms with Gasteiger partial charge in [-0.2, -0.15) is 9.98 Å². The van der Waals surface area contributed by atoms with E-state index in [1.54, 1.807) is 0 Å². The Morgan fingerprint density at radius 2 is 1.67 bits per heavy atom. The third kappa shape index (κ3) is 4.68. The van der Waals surface area contributed by atoms with Crippen LogP contribution in [0.5, 0.6) is 0 Å². The van der Waals surface area contributed by atoms with Crippen molar-refractivity contribution in [2.75, 3.05) is 0 Å². The summed E-state index contributed by atoms with van der Waals surface area (Å²) >= 11 is 0.